The molecular formula is C7H4NOS. The van der Waals surface area contributed by atoms with Gasteiger partial charge in [0.25, 0.3) is 0 Å². The Hall–Kier alpha value is -1.14. The molecule has 0 saturated carbocycles. The Morgan fingerprint density at radius 1 is 1.70 bits per heavy atom. The van der Waals surface area contributed by atoms with Gasteiger partial charge in [0.1, 0.15) is 5.92 Å². The summed E-state index contributed by atoms with van der Waals surface area (Å²) in [4.78, 5) is 10.9. The lowest BCUT2D eigenvalue weighted by molar-refractivity contribution is 0.551. The van der Waals surface area contributed by atoms with Crippen LogP contribution in [-0.4, -0.2) is 6.29 Å². The largest absolute Gasteiger partial charge is 0.289 e. The van der Waals surface area contributed by atoms with E-state index in [0.29, 0.717) is 0 Å². The van der Waals surface area contributed by atoms with Crippen molar-refractivity contribution in [3.8, 4) is 6.07 Å². The third-order valence-electron chi connectivity index (χ3n) is 1.07. The second kappa shape index (κ2) is 3.14. The van der Waals surface area contributed by atoms with Crippen molar-refractivity contribution in [2.24, 2.45) is 0 Å². The van der Waals surface area contributed by atoms with Crippen LogP contribution >= 0.6 is 11.3 Å². The Morgan fingerprint density at radius 3 is 2.90 bits per heavy atom. The molecule has 1 aromatic heterocycles. The van der Waals surface area contributed by atoms with Crippen LogP contribution in [0.5, 0.6) is 0 Å². The molecule has 1 rings (SSSR count). The van der Waals surface area contributed by atoms with E-state index in [1.165, 1.54) is 11.3 Å². The van der Waals surface area contributed by atoms with Crippen molar-refractivity contribution in [2.75, 3.05) is 0 Å². The van der Waals surface area contributed by atoms with E-state index in [2.05, 4.69) is 0 Å². The average molecular weight is 150 g/mol. The third kappa shape index (κ3) is 1.23. The maximum absolute atomic E-state index is 10.1. The monoisotopic (exact) mass is 150 g/mol. The summed E-state index contributed by atoms with van der Waals surface area (Å²) in [6, 6.07) is 5.40. The van der Waals surface area contributed by atoms with E-state index in [1.54, 1.807) is 12.4 Å². The predicted molar refractivity (Wildman–Crippen MR) is 38.4 cm³/mol. The number of thiophene rings is 1. The standard InChI is InChI=1S/C7H4NOS/c8-4-6(5-9)7-2-1-3-10-7/h1-3,6H. The van der Waals surface area contributed by atoms with Crippen LogP contribution in [0.25, 0.3) is 0 Å². The molecule has 3 heteroatoms. The molecule has 1 atom stereocenters. The highest BCUT2D eigenvalue weighted by molar-refractivity contribution is 7.10. The Morgan fingerprint density at radius 2 is 2.50 bits per heavy atom. The molecule has 0 aliphatic carbocycles. The molecule has 1 heterocycles. The van der Waals surface area contributed by atoms with Gasteiger partial charge in [-0.2, -0.15) is 5.26 Å². The van der Waals surface area contributed by atoms with Crippen LogP contribution in [0.2, 0.25) is 0 Å². The molecule has 0 aromatic carbocycles. The molecule has 49 valence electrons. The van der Waals surface area contributed by atoms with E-state index in [4.69, 9.17) is 5.26 Å². The van der Waals surface area contributed by atoms with Gasteiger partial charge in [-0.05, 0) is 11.4 Å². The maximum Gasteiger partial charge on any atom is 0.222 e. The van der Waals surface area contributed by atoms with Crippen LogP contribution in [0, 0.1) is 11.3 Å². The first-order valence-electron chi connectivity index (χ1n) is 2.69. The highest BCUT2D eigenvalue weighted by atomic mass is 32.1. The fourth-order valence-corrected chi connectivity index (χ4v) is 1.31. The van der Waals surface area contributed by atoms with Crippen molar-refractivity contribution in [1.82, 2.24) is 0 Å². The lowest BCUT2D eigenvalue weighted by Gasteiger charge is -1.90. The zero-order chi connectivity index (χ0) is 7.40. The molecule has 0 aliphatic rings. The lowest BCUT2D eigenvalue weighted by Crippen LogP contribution is -1.91. The predicted octanol–water partition coefficient (Wildman–Crippen LogP) is 1.46. The van der Waals surface area contributed by atoms with Crippen LogP contribution in [0.15, 0.2) is 17.5 Å². The van der Waals surface area contributed by atoms with Crippen molar-refractivity contribution in [3.05, 3.63) is 22.4 Å². The van der Waals surface area contributed by atoms with E-state index in [0.717, 1.165) is 4.88 Å². The minimum atomic E-state index is -0.694. The van der Waals surface area contributed by atoms with Gasteiger partial charge >= 0.3 is 0 Å². The van der Waals surface area contributed by atoms with Gasteiger partial charge in [0.05, 0.1) is 6.07 Å². The highest BCUT2D eigenvalue weighted by Gasteiger charge is 2.09. The van der Waals surface area contributed by atoms with E-state index in [9.17, 15) is 4.79 Å². The van der Waals surface area contributed by atoms with Crippen LogP contribution < -0.4 is 0 Å². The number of rotatable bonds is 2. The van der Waals surface area contributed by atoms with E-state index in [1.807, 2.05) is 17.5 Å². The minimum Gasteiger partial charge on any atom is -0.289 e. The SMILES string of the molecule is N#CC([C]=O)c1cccs1. The Labute approximate surface area is 62.7 Å². The van der Waals surface area contributed by atoms with Crippen molar-refractivity contribution >= 4 is 17.6 Å². The topological polar surface area (TPSA) is 40.9 Å². The van der Waals surface area contributed by atoms with Gasteiger partial charge in [-0.1, -0.05) is 6.07 Å². The number of hydrogen-bond donors (Lipinski definition) is 0. The Balaban J connectivity index is 2.86. The Bertz CT molecular complexity index is 247. The molecule has 0 amide bonds. The second-order valence-electron chi connectivity index (χ2n) is 1.70. The summed E-state index contributed by atoms with van der Waals surface area (Å²) < 4.78 is 0. The number of nitrogens with zero attached hydrogens (tertiary/aromatic N) is 1. The number of nitriles is 1. The van der Waals surface area contributed by atoms with E-state index < -0.39 is 5.92 Å². The molecule has 1 radical (unpaired) electrons. The summed E-state index contributed by atoms with van der Waals surface area (Å²) in [6.45, 7) is 0. The first-order valence-corrected chi connectivity index (χ1v) is 3.57. The molecule has 0 N–H and O–H groups in total. The number of hydrogen-bond acceptors (Lipinski definition) is 3. The molecular weight excluding hydrogens is 146 g/mol. The van der Waals surface area contributed by atoms with Crippen LogP contribution in [0.3, 0.4) is 0 Å². The van der Waals surface area contributed by atoms with E-state index in [-0.39, 0.29) is 0 Å². The van der Waals surface area contributed by atoms with Crippen molar-refractivity contribution in [2.45, 2.75) is 5.92 Å². The van der Waals surface area contributed by atoms with Crippen LogP contribution in [0.4, 0.5) is 0 Å². The average Bonchev–Trinajstić information content (AvgIpc) is 2.43. The van der Waals surface area contributed by atoms with Gasteiger partial charge in [0.2, 0.25) is 6.29 Å². The zero-order valence-electron chi connectivity index (χ0n) is 5.07. The van der Waals surface area contributed by atoms with Gasteiger partial charge in [0.15, 0.2) is 0 Å². The molecule has 0 bridgehead atoms. The van der Waals surface area contributed by atoms with Crippen molar-refractivity contribution in [1.29, 1.82) is 5.26 Å². The van der Waals surface area contributed by atoms with Crippen LogP contribution in [0.1, 0.15) is 10.8 Å². The fourth-order valence-electron chi connectivity index (χ4n) is 0.604. The highest BCUT2D eigenvalue weighted by Crippen LogP contribution is 2.17. The molecule has 2 nitrogen and oxygen atoms in total. The van der Waals surface area contributed by atoms with Crippen molar-refractivity contribution in [3.63, 3.8) is 0 Å². The first-order chi connectivity index (χ1) is 4.88. The molecule has 0 saturated heterocycles. The molecule has 0 fully saturated rings. The molecule has 0 spiro atoms. The van der Waals surface area contributed by atoms with Gasteiger partial charge < -0.3 is 0 Å². The van der Waals surface area contributed by atoms with Gasteiger partial charge in [-0.25, -0.2) is 0 Å². The minimum absolute atomic E-state index is 0.694. The van der Waals surface area contributed by atoms with Gasteiger partial charge in [-0.15, -0.1) is 11.3 Å². The molecule has 1 unspecified atom stereocenters. The first kappa shape index (κ1) is 6.97. The quantitative estimate of drug-likeness (QED) is 0.640. The summed E-state index contributed by atoms with van der Waals surface area (Å²) in [5, 5.41) is 10.2. The summed E-state index contributed by atoms with van der Waals surface area (Å²) >= 11 is 1.40. The normalized spacial score (nSPS) is 11.9. The summed E-state index contributed by atoms with van der Waals surface area (Å²) in [7, 11) is 0. The summed E-state index contributed by atoms with van der Waals surface area (Å²) in [5.41, 5.74) is 0. The van der Waals surface area contributed by atoms with Crippen molar-refractivity contribution < 1.29 is 4.79 Å². The Kier molecular flexibility index (Phi) is 2.19. The summed E-state index contributed by atoms with van der Waals surface area (Å²) in [5.74, 6) is -0.694. The van der Waals surface area contributed by atoms with Gasteiger partial charge in [0, 0.05) is 4.88 Å². The van der Waals surface area contributed by atoms with Gasteiger partial charge in [-0.3, -0.25) is 4.79 Å². The third-order valence-corrected chi connectivity index (χ3v) is 2.01. The summed E-state index contributed by atoms with van der Waals surface area (Å²) in [6.07, 6.45) is 1.65. The molecule has 0 aliphatic heterocycles. The van der Waals surface area contributed by atoms with Crippen LogP contribution in [-0.2, 0) is 4.79 Å². The zero-order valence-corrected chi connectivity index (χ0v) is 5.89. The molecule has 10 heavy (non-hydrogen) atoms. The fraction of sp³-hybridized carbons (Fsp3) is 0.143. The number of carbonyl (C=O) groups excluding carboxylic acids is 1. The maximum atomic E-state index is 10.1. The molecule has 1 aromatic rings. The smallest absolute Gasteiger partial charge is 0.222 e. The second-order valence-corrected chi connectivity index (χ2v) is 2.67. The lowest BCUT2D eigenvalue weighted by atomic mass is 10.2. The van der Waals surface area contributed by atoms with E-state index >= 15 is 0 Å².